The zero-order valence-corrected chi connectivity index (χ0v) is 19.4. The van der Waals surface area contributed by atoms with Crippen LogP contribution in [0.3, 0.4) is 0 Å². The Labute approximate surface area is 191 Å². The number of benzene rings is 1. The lowest BCUT2D eigenvalue weighted by molar-refractivity contribution is -0.130. The van der Waals surface area contributed by atoms with E-state index in [-0.39, 0.29) is 30.8 Å². The van der Waals surface area contributed by atoms with Crippen LogP contribution in [-0.4, -0.2) is 56.0 Å². The fourth-order valence-electron chi connectivity index (χ4n) is 3.32. The number of carbonyl (C=O) groups is 3. The molecule has 0 bridgehead atoms. The van der Waals surface area contributed by atoms with Crippen molar-refractivity contribution >= 4 is 17.7 Å². The number of hydrogen-bond donors (Lipinski definition) is 5. The second kappa shape index (κ2) is 13.5. The molecule has 0 aromatic heterocycles. The molecule has 32 heavy (non-hydrogen) atoms. The van der Waals surface area contributed by atoms with Crippen LogP contribution in [0.25, 0.3) is 0 Å². The summed E-state index contributed by atoms with van der Waals surface area (Å²) in [6.45, 7) is 7.15. The summed E-state index contributed by atoms with van der Waals surface area (Å²) in [4.78, 5) is 37.1. The van der Waals surface area contributed by atoms with Crippen LogP contribution in [0.1, 0.15) is 45.6 Å². The largest absolute Gasteiger partial charge is 0.379 e. The number of likely N-dealkylation sites (N-methyl/N-ethyl adjacent to an activating group) is 1. The Hall–Kier alpha value is -2.87. The first-order valence-corrected chi connectivity index (χ1v) is 11.4. The third kappa shape index (κ3) is 9.09. The first-order valence-electron chi connectivity index (χ1n) is 11.4. The Balaban J connectivity index is 1.96. The Bertz CT molecular complexity index is 786. The Kier molecular flexibility index (Phi) is 10.7. The van der Waals surface area contributed by atoms with Crippen LogP contribution in [0.15, 0.2) is 41.6 Å². The maximum Gasteiger partial charge on any atom is 0.243 e. The lowest BCUT2D eigenvalue weighted by Crippen LogP contribution is -2.51. The first-order chi connectivity index (χ1) is 15.4. The van der Waals surface area contributed by atoms with E-state index in [0.717, 1.165) is 24.1 Å². The minimum atomic E-state index is -0.769. The molecule has 1 aromatic carbocycles. The normalized spacial score (nSPS) is 13.7. The van der Waals surface area contributed by atoms with Crippen molar-refractivity contribution in [3.05, 3.63) is 47.2 Å². The smallest absolute Gasteiger partial charge is 0.243 e. The van der Waals surface area contributed by atoms with Crippen molar-refractivity contribution in [1.29, 1.82) is 0 Å². The lowest BCUT2D eigenvalue weighted by atomic mass is 9.90. The van der Waals surface area contributed by atoms with Gasteiger partial charge in [0, 0.05) is 31.2 Å². The first kappa shape index (κ1) is 25.4. The highest BCUT2D eigenvalue weighted by molar-refractivity contribution is 5.91. The molecule has 1 aromatic rings. The van der Waals surface area contributed by atoms with Gasteiger partial charge in [-0.05, 0) is 37.3 Å². The molecule has 0 saturated heterocycles. The van der Waals surface area contributed by atoms with Gasteiger partial charge in [0.25, 0.3) is 0 Å². The molecule has 5 N–H and O–H groups in total. The standard InChI is InChI=1S/C24H37N5O3/c1-4-25-22(30)15-28-24(32)20(13-18-9-6-5-7-10-18)29-23(31)16-27-21(14-26-17(2)3)19-11-8-12-19/h5-7,9-10,17,20,26-27H,4,8,11-16H2,1-3H3,(H,25,30)(H,28,32)(H,29,31). The summed E-state index contributed by atoms with van der Waals surface area (Å²) in [5, 5.41) is 14.7. The Morgan fingerprint density at radius 3 is 2.19 bits per heavy atom. The van der Waals surface area contributed by atoms with Gasteiger partial charge in [0.1, 0.15) is 6.04 Å². The molecule has 1 aliphatic carbocycles. The summed E-state index contributed by atoms with van der Waals surface area (Å²) in [5.74, 6) is -0.907. The van der Waals surface area contributed by atoms with Crippen LogP contribution >= 0.6 is 0 Å². The number of rotatable bonds is 13. The quantitative estimate of drug-likeness (QED) is 0.312. The van der Waals surface area contributed by atoms with Crippen molar-refractivity contribution in [3.8, 4) is 0 Å². The summed E-state index contributed by atoms with van der Waals surface area (Å²) in [7, 11) is 0. The predicted molar refractivity (Wildman–Crippen MR) is 126 cm³/mol. The maximum atomic E-state index is 12.7. The Morgan fingerprint density at radius 1 is 0.906 bits per heavy atom. The van der Waals surface area contributed by atoms with Crippen molar-refractivity contribution in [1.82, 2.24) is 26.6 Å². The van der Waals surface area contributed by atoms with Crippen molar-refractivity contribution in [3.63, 3.8) is 0 Å². The van der Waals surface area contributed by atoms with Gasteiger partial charge in [-0.15, -0.1) is 0 Å². The zero-order chi connectivity index (χ0) is 23.3. The van der Waals surface area contributed by atoms with E-state index in [9.17, 15) is 14.4 Å². The van der Waals surface area contributed by atoms with E-state index in [0.29, 0.717) is 25.6 Å². The average molecular weight is 444 g/mol. The number of amides is 3. The molecule has 1 saturated carbocycles. The molecule has 0 spiro atoms. The fraction of sp³-hybridized carbons (Fsp3) is 0.542. The molecule has 1 unspecified atom stereocenters. The molecule has 1 atom stereocenters. The second-order valence-corrected chi connectivity index (χ2v) is 8.31. The molecule has 8 heteroatoms. The van der Waals surface area contributed by atoms with Gasteiger partial charge in [0.15, 0.2) is 0 Å². The average Bonchev–Trinajstić information content (AvgIpc) is 2.73. The van der Waals surface area contributed by atoms with Gasteiger partial charge >= 0.3 is 0 Å². The molecule has 1 fully saturated rings. The summed E-state index contributed by atoms with van der Waals surface area (Å²) < 4.78 is 0. The van der Waals surface area contributed by atoms with Gasteiger partial charge in [-0.2, -0.15) is 0 Å². The predicted octanol–water partition coefficient (Wildman–Crippen LogP) is 0.992. The van der Waals surface area contributed by atoms with Gasteiger partial charge in [-0.25, -0.2) is 0 Å². The van der Waals surface area contributed by atoms with Gasteiger partial charge in [-0.3, -0.25) is 14.4 Å². The Morgan fingerprint density at radius 2 is 1.59 bits per heavy atom. The van der Waals surface area contributed by atoms with Crippen LogP contribution in [0.5, 0.6) is 0 Å². The van der Waals surface area contributed by atoms with E-state index in [2.05, 4.69) is 40.4 Å². The molecular formula is C24H37N5O3. The van der Waals surface area contributed by atoms with E-state index in [1.165, 1.54) is 12.0 Å². The van der Waals surface area contributed by atoms with Gasteiger partial charge in [0.2, 0.25) is 17.7 Å². The SMILES string of the molecule is CCNC(=O)CNC(=O)C(Cc1ccccc1)NC(=O)CNC(CNC(C)C)=C1CCC1. The van der Waals surface area contributed by atoms with Crippen molar-refractivity contribution < 1.29 is 14.4 Å². The van der Waals surface area contributed by atoms with E-state index >= 15 is 0 Å². The van der Waals surface area contributed by atoms with Crippen LogP contribution in [0.4, 0.5) is 0 Å². The summed E-state index contributed by atoms with van der Waals surface area (Å²) in [6, 6.07) is 9.08. The number of carbonyl (C=O) groups excluding carboxylic acids is 3. The number of allylic oxidation sites excluding steroid dienone is 1. The molecule has 0 heterocycles. The van der Waals surface area contributed by atoms with E-state index in [1.54, 1.807) is 0 Å². The van der Waals surface area contributed by atoms with Crippen molar-refractivity contribution in [2.45, 2.75) is 58.5 Å². The van der Waals surface area contributed by atoms with Crippen LogP contribution < -0.4 is 26.6 Å². The molecule has 8 nitrogen and oxygen atoms in total. The third-order valence-electron chi connectivity index (χ3n) is 5.26. The molecule has 0 radical (unpaired) electrons. The topological polar surface area (TPSA) is 111 Å². The number of nitrogens with one attached hydrogen (secondary N) is 5. The summed E-state index contributed by atoms with van der Waals surface area (Å²) in [6.07, 6.45) is 3.64. The van der Waals surface area contributed by atoms with E-state index < -0.39 is 6.04 Å². The number of hydrogen-bond acceptors (Lipinski definition) is 5. The molecule has 0 aliphatic heterocycles. The van der Waals surface area contributed by atoms with Crippen LogP contribution in [0.2, 0.25) is 0 Å². The van der Waals surface area contributed by atoms with Gasteiger partial charge in [0.05, 0.1) is 13.1 Å². The minimum absolute atomic E-state index is 0.0908. The molecule has 1 aliphatic rings. The lowest BCUT2D eigenvalue weighted by Gasteiger charge is -2.25. The summed E-state index contributed by atoms with van der Waals surface area (Å²) in [5.41, 5.74) is 3.35. The van der Waals surface area contributed by atoms with Crippen molar-refractivity contribution in [2.75, 3.05) is 26.2 Å². The van der Waals surface area contributed by atoms with Gasteiger partial charge in [-0.1, -0.05) is 44.2 Å². The molecule has 3 amide bonds. The fourth-order valence-corrected chi connectivity index (χ4v) is 3.32. The zero-order valence-electron chi connectivity index (χ0n) is 19.4. The highest BCUT2D eigenvalue weighted by Gasteiger charge is 2.22. The highest BCUT2D eigenvalue weighted by atomic mass is 16.2. The van der Waals surface area contributed by atoms with Crippen LogP contribution in [-0.2, 0) is 20.8 Å². The van der Waals surface area contributed by atoms with Crippen LogP contribution in [0, 0.1) is 0 Å². The minimum Gasteiger partial charge on any atom is -0.379 e. The maximum absolute atomic E-state index is 12.7. The molecule has 2 rings (SSSR count). The summed E-state index contributed by atoms with van der Waals surface area (Å²) >= 11 is 0. The second-order valence-electron chi connectivity index (χ2n) is 8.31. The molecule has 176 valence electrons. The van der Waals surface area contributed by atoms with Gasteiger partial charge < -0.3 is 26.6 Å². The van der Waals surface area contributed by atoms with E-state index in [1.807, 2.05) is 37.3 Å². The van der Waals surface area contributed by atoms with E-state index in [4.69, 9.17) is 0 Å². The highest BCUT2D eigenvalue weighted by Crippen LogP contribution is 2.27. The van der Waals surface area contributed by atoms with Crippen molar-refractivity contribution in [2.24, 2.45) is 0 Å². The monoisotopic (exact) mass is 443 g/mol. The third-order valence-corrected chi connectivity index (χ3v) is 5.26. The molecular weight excluding hydrogens is 406 g/mol.